The molecule has 1 aliphatic rings. The number of aromatic amines is 2. The number of imidazole rings is 1. The van der Waals surface area contributed by atoms with Crippen molar-refractivity contribution in [3.05, 3.63) is 68.5 Å². The third-order valence-corrected chi connectivity index (χ3v) is 5.95. The van der Waals surface area contributed by atoms with Crippen LogP contribution in [0.5, 0.6) is 0 Å². The first-order valence-corrected chi connectivity index (χ1v) is 10.2. The predicted molar refractivity (Wildman–Crippen MR) is 110 cm³/mol. The number of carbonyl (C=O) groups excluding carboxylic acids is 1. The van der Waals surface area contributed by atoms with E-state index in [2.05, 4.69) is 25.3 Å². The number of nitrogens with zero attached hydrogens (tertiary/aromatic N) is 3. The Morgan fingerprint density at radius 3 is 2.60 bits per heavy atom. The monoisotopic (exact) mass is 426 g/mol. The molecule has 4 rings (SSSR count). The summed E-state index contributed by atoms with van der Waals surface area (Å²) < 4.78 is 0. The van der Waals surface area contributed by atoms with Gasteiger partial charge in [0.1, 0.15) is 0 Å². The Kier molecular flexibility index (Phi) is 5.61. The second kappa shape index (κ2) is 8.49. The lowest BCUT2D eigenvalue weighted by atomic mass is 10.0. The molecule has 0 saturated heterocycles. The molecule has 1 fully saturated rings. The van der Waals surface area contributed by atoms with Crippen molar-refractivity contribution in [1.82, 2.24) is 19.9 Å². The van der Waals surface area contributed by atoms with Crippen LogP contribution in [0.1, 0.15) is 47.5 Å². The minimum atomic E-state index is -0.576. The van der Waals surface area contributed by atoms with Crippen LogP contribution >= 0.6 is 11.8 Å². The van der Waals surface area contributed by atoms with Crippen LogP contribution in [0.3, 0.4) is 0 Å². The fourth-order valence-electron chi connectivity index (χ4n) is 3.43. The molecule has 0 bridgehead atoms. The fraction of sp³-hybridized carbons (Fsp3) is 0.263. The molecule has 154 valence electrons. The summed E-state index contributed by atoms with van der Waals surface area (Å²) in [7, 11) is 0. The lowest BCUT2D eigenvalue weighted by Gasteiger charge is -2.10. The molecule has 3 aromatic rings. The summed E-state index contributed by atoms with van der Waals surface area (Å²) in [4.78, 5) is 48.7. The Bertz CT molecular complexity index is 1130. The molecular weight excluding hydrogens is 408 g/mol. The van der Waals surface area contributed by atoms with Crippen LogP contribution in [0.25, 0.3) is 0 Å². The second-order valence-corrected chi connectivity index (χ2v) is 8.01. The van der Waals surface area contributed by atoms with Crippen LogP contribution in [0.2, 0.25) is 0 Å². The van der Waals surface area contributed by atoms with Gasteiger partial charge >= 0.3 is 5.69 Å². The first-order chi connectivity index (χ1) is 14.5. The van der Waals surface area contributed by atoms with Crippen LogP contribution in [0.15, 0.2) is 51.5 Å². The van der Waals surface area contributed by atoms with Crippen molar-refractivity contribution in [1.29, 1.82) is 0 Å². The SMILES string of the molecule is O=C(Nc1ncc(C2CCCC2)cn1)c1cc([N+](=O)[O-])ccc1Sc1c[nH]c(=O)[nH]1. The number of aromatic nitrogens is 4. The maximum Gasteiger partial charge on any atom is 0.323 e. The van der Waals surface area contributed by atoms with Crippen molar-refractivity contribution >= 4 is 29.3 Å². The molecule has 0 atom stereocenters. The molecule has 11 heteroatoms. The number of carbonyl (C=O) groups is 1. The van der Waals surface area contributed by atoms with E-state index >= 15 is 0 Å². The van der Waals surface area contributed by atoms with E-state index in [0.29, 0.717) is 15.8 Å². The van der Waals surface area contributed by atoms with Gasteiger partial charge in [0.25, 0.3) is 11.6 Å². The van der Waals surface area contributed by atoms with Gasteiger partial charge in [-0.15, -0.1) is 0 Å². The van der Waals surface area contributed by atoms with E-state index in [1.165, 1.54) is 37.2 Å². The van der Waals surface area contributed by atoms with Gasteiger partial charge in [0.2, 0.25) is 5.95 Å². The molecule has 0 spiro atoms. The lowest BCUT2D eigenvalue weighted by molar-refractivity contribution is -0.384. The second-order valence-electron chi connectivity index (χ2n) is 6.92. The van der Waals surface area contributed by atoms with Gasteiger partial charge in [-0.1, -0.05) is 24.6 Å². The maximum absolute atomic E-state index is 12.8. The molecule has 1 aromatic carbocycles. The first kappa shape index (κ1) is 19.8. The van der Waals surface area contributed by atoms with Crippen molar-refractivity contribution in [3.63, 3.8) is 0 Å². The molecule has 10 nitrogen and oxygen atoms in total. The number of nitrogens with one attached hydrogen (secondary N) is 3. The minimum Gasteiger partial charge on any atom is -0.312 e. The molecular formula is C19H18N6O4S. The summed E-state index contributed by atoms with van der Waals surface area (Å²) in [6, 6.07) is 3.96. The number of hydrogen-bond donors (Lipinski definition) is 3. The quantitative estimate of drug-likeness (QED) is 0.404. The van der Waals surface area contributed by atoms with Gasteiger partial charge in [-0.3, -0.25) is 20.2 Å². The van der Waals surface area contributed by atoms with Crippen molar-refractivity contribution in [2.24, 2.45) is 0 Å². The summed E-state index contributed by atoms with van der Waals surface area (Å²) in [5, 5.41) is 14.2. The van der Waals surface area contributed by atoms with E-state index in [9.17, 15) is 19.7 Å². The normalized spacial score (nSPS) is 14.0. The highest BCUT2D eigenvalue weighted by Crippen LogP contribution is 2.34. The zero-order valence-corrected chi connectivity index (χ0v) is 16.6. The smallest absolute Gasteiger partial charge is 0.312 e. The molecule has 2 aromatic heterocycles. The molecule has 2 heterocycles. The highest BCUT2D eigenvalue weighted by molar-refractivity contribution is 7.99. The van der Waals surface area contributed by atoms with Crippen LogP contribution in [-0.2, 0) is 0 Å². The third kappa shape index (κ3) is 4.40. The van der Waals surface area contributed by atoms with Gasteiger partial charge in [0.05, 0.1) is 15.5 Å². The standard InChI is InChI=1S/C19H18N6O4S/c26-17(24-18-20-8-12(9-21-18)11-3-1-2-4-11)14-7-13(25(28)29)5-6-15(14)30-16-10-22-19(27)23-16/h5-11H,1-4H2,(H2,22,23,27)(H,20,21,24,26). The lowest BCUT2D eigenvalue weighted by Crippen LogP contribution is -2.15. The van der Waals surface area contributed by atoms with E-state index in [-0.39, 0.29) is 22.9 Å². The Hall–Kier alpha value is -3.47. The number of benzene rings is 1. The third-order valence-electron chi connectivity index (χ3n) is 4.93. The molecule has 0 aliphatic heterocycles. The summed E-state index contributed by atoms with van der Waals surface area (Å²) in [5.74, 6) is 0.00462. The van der Waals surface area contributed by atoms with Gasteiger partial charge in [0, 0.05) is 35.6 Å². The highest BCUT2D eigenvalue weighted by Gasteiger charge is 2.20. The van der Waals surface area contributed by atoms with Crippen LogP contribution < -0.4 is 11.0 Å². The van der Waals surface area contributed by atoms with Crippen LogP contribution in [-0.4, -0.2) is 30.8 Å². The zero-order chi connectivity index (χ0) is 21.1. The van der Waals surface area contributed by atoms with Crippen LogP contribution in [0.4, 0.5) is 11.6 Å². The number of H-pyrrole nitrogens is 2. The number of hydrogen-bond acceptors (Lipinski definition) is 7. The number of nitro groups is 1. The van der Waals surface area contributed by atoms with E-state index in [1.807, 2.05) is 0 Å². The molecule has 3 N–H and O–H groups in total. The van der Waals surface area contributed by atoms with E-state index in [1.54, 1.807) is 12.4 Å². The Morgan fingerprint density at radius 2 is 1.97 bits per heavy atom. The molecule has 0 unspecified atom stereocenters. The van der Waals surface area contributed by atoms with E-state index in [0.717, 1.165) is 30.2 Å². The summed E-state index contributed by atoms with van der Waals surface area (Å²) in [5.41, 5.74) is 0.527. The average molecular weight is 426 g/mol. The van der Waals surface area contributed by atoms with Crippen molar-refractivity contribution in [2.45, 2.75) is 41.5 Å². The minimum absolute atomic E-state index is 0.0831. The number of rotatable bonds is 6. The zero-order valence-electron chi connectivity index (χ0n) is 15.8. The fourth-order valence-corrected chi connectivity index (χ4v) is 4.32. The number of non-ortho nitro benzene ring substituents is 1. The largest absolute Gasteiger partial charge is 0.323 e. The number of anilines is 1. The van der Waals surface area contributed by atoms with Gasteiger partial charge in [-0.25, -0.2) is 14.8 Å². The van der Waals surface area contributed by atoms with Gasteiger partial charge in [-0.2, -0.15) is 0 Å². The Morgan fingerprint density at radius 1 is 1.23 bits per heavy atom. The predicted octanol–water partition coefficient (Wildman–Crippen LogP) is 3.46. The Balaban J connectivity index is 1.57. The van der Waals surface area contributed by atoms with Crippen molar-refractivity contribution < 1.29 is 9.72 Å². The first-order valence-electron chi connectivity index (χ1n) is 9.37. The van der Waals surface area contributed by atoms with Crippen molar-refractivity contribution in [2.75, 3.05) is 5.32 Å². The van der Waals surface area contributed by atoms with E-state index < -0.39 is 10.8 Å². The molecule has 0 radical (unpaired) electrons. The Labute approximate surface area is 174 Å². The van der Waals surface area contributed by atoms with Gasteiger partial charge in [-0.05, 0) is 30.4 Å². The number of amides is 1. The van der Waals surface area contributed by atoms with Gasteiger partial charge < -0.3 is 9.97 Å². The van der Waals surface area contributed by atoms with E-state index in [4.69, 9.17) is 0 Å². The molecule has 1 amide bonds. The molecule has 1 saturated carbocycles. The summed E-state index contributed by atoms with van der Waals surface area (Å²) >= 11 is 1.10. The van der Waals surface area contributed by atoms with Crippen LogP contribution in [0, 0.1) is 10.1 Å². The molecule has 30 heavy (non-hydrogen) atoms. The molecule has 1 aliphatic carbocycles. The number of nitro benzene ring substituents is 1. The average Bonchev–Trinajstić information content (AvgIpc) is 3.41. The van der Waals surface area contributed by atoms with Gasteiger partial charge in [0.15, 0.2) is 0 Å². The maximum atomic E-state index is 12.8. The topological polar surface area (TPSA) is 147 Å². The summed E-state index contributed by atoms with van der Waals surface area (Å²) in [6.07, 6.45) is 9.51. The summed E-state index contributed by atoms with van der Waals surface area (Å²) in [6.45, 7) is 0. The highest BCUT2D eigenvalue weighted by atomic mass is 32.2. The van der Waals surface area contributed by atoms with Crippen molar-refractivity contribution in [3.8, 4) is 0 Å².